The Labute approximate surface area is 171 Å². The average Bonchev–Trinajstić information content (AvgIpc) is 2.67. The van der Waals surface area contributed by atoms with Crippen LogP contribution in [0.3, 0.4) is 0 Å². The first-order chi connectivity index (χ1) is 13.3. The number of primary amides is 1. The van der Waals surface area contributed by atoms with Crippen LogP contribution in [-0.4, -0.2) is 10.9 Å². The predicted octanol–water partition coefficient (Wildman–Crippen LogP) is 5.02. The van der Waals surface area contributed by atoms with Gasteiger partial charge in [0, 0.05) is 27.9 Å². The summed E-state index contributed by atoms with van der Waals surface area (Å²) in [6.45, 7) is 1.68. The Balaban J connectivity index is 1.92. The normalized spacial score (nSPS) is 11.9. The Morgan fingerprint density at radius 2 is 1.82 bits per heavy atom. The van der Waals surface area contributed by atoms with Crippen LogP contribution in [0.4, 0.5) is 10.2 Å². The Morgan fingerprint density at radius 3 is 2.46 bits per heavy atom. The summed E-state index contributed by atoms with van der Waals surface area (Å²) in [5.41, 5.74) is 13.4. The molecule has 5 nitrogen and oxygen atoms in total. The van der Waals surface area contributed by atoms with E-state index in [1.54, 1.807) is 43.5 Å². The van der Waals surface area contributed by atoms with Gasteiger partial charge in [-0.15, -0.1) is 0 Å². The maximum atomic E-state index is 13.8. The predicted molar refractivity (Wildman–Crippen MR) is 108 cm³/mol. The summed E-state index contributed by atoms with van der Waals surface area (Å²) in [6, 6.07) is 11.0. The van der Waals surface area contributed by atoms with Gasteiger partial charge in [0.05, 0.1) is 5.02 Å². The fourth-order valence-electron chi connectivity index (χ4n) is 2.70. The fourth-order valence-corrected chi connectivity index (χ4v) is 3.38. The SMILES string of the molecule is CC(Oc1cc(-c2ccc(C(N)=O)cc2)cnc1N)c1c(Cl)ccc(F)c1Cl. The molecule has 144 valence electrons. The van der Waals surface area contributed by atoms with Crippen molar-refractivity contribution < 1.29 is 13.9 Å². The van der Waals surface area contributed by atoms with E-state index in [2.05, 4.69) is 4.98 Å². The number of pyridine rings is 1. The van der Waals surface area contributed by atoms with Crippen LogP contribution in [0.1, 0.15) is 28.9 Å². The van der Waals surface area contributed by atoms with E-state index in [-0.39, 0.29) is 15.9 Å². The van der Waals surface area contributed by atoms with Gasteiger partial charge in [-0.2, -0.15) is 0 Å². The highest BCUT2D eigenvalue weighted by Gasteiger charge is 2.20. The highest BCUT2D eigenvalue weighted by atomic mass is 35.5. The molecule has 1 amide bonds. The minimum atomic E-state index is -0.674. The second-order valence-electron chi connectivity index (χ2n) is 6.07. The number of halogens is 3. The van der Waals surface area contributed by atoms with Crippen molar-refractivity contribution in [3.8, 4) is 16.9 Å². The van der Waals surface area contributed by atoms with E-state index in [0.29, 0.717) is 22.4 Å². The molecule has 0 saturated carbocycles. The number of anilines is 1. The van der Waals surface area contributed by atoms with Crippen LogP contribution in [-0.2, 0) is 0 Å². The van der Waals surface area contributed by atoms with Crippen molar-refractivity contribution in [3.63, 3.8) is 0 Å². The number of rotatable bonds is 5. The maximum Gasteiger partial charge on any atom is 0.248 e. The van der Waals surface area contributed by atoms with E-state index in [1.165, 1.54) is 12.1 Å². The van der Waals surface area contributed by atoms with Gasteiger partial charge in [0.25, 0.3) is 0 Å². The number of carbonyl (C=O) groups is 1. The molecule has 0 radical (unpaired) electrons. The van der Waals surface area contributed by atoms with Gasteiger partial charge < -0.3 is 16.2 Å². The number of aromatic nitrogens is 1. The van der Waals surface area contributed by atoms with Gasteiger partial charge in [0.2, 0.25) is 5.91 Å². The van der Waals surface area contributed by atoms with Crippen LogP contribution in [0, 0.1) is 5.82 Å². The molecule has 3 aromatic rings. The molecule has 0 saturated heterocycles. The van der Waals surface area contributed by atoms with Crippen molar-refractivity contribution in [2.75, 3.05) is 5.73 Å². The molecule has 0 aliphatic carbocycles. The summed E-state index contributed by atoms with van der Waals surface area (Å²) in [6.07, 6.45) is 0.904. The summed E-state index contributed by atoms with van der Waals surface area (Å²) in [4.78, 5) is 15.4. The lowest BCUT2D eigenvalue weighted by Gasteiger charge is -2.19. The molecule has 0 fully saturated rings. The monoisotopic (exact) mass is 419 g/mol. The van der Waals surface area contributed by atoms with Crippen molar-refractivity contribution in [1.82, 2.24) is 4.98 Å². The van der Waals surface area contributed by atoms with Crippen molar-refractivity contribution in [2.45, 2.75) is 13.0 Å². The number of benzene rings is 2. The van der Waals surface area contributed by atoms with Crippen LogP contribution in [0.5, 0.6) is 5.75 Å². The van der Waals surface area contributed by atoms with E-state index >= 15 is 0 Å². The molecule has 3 rings (SSSR count). The number of carbonyl (C=O) groups excluding carboxylic acids is 1. The van der Waals surface area contributed by atoms with Crippen LogP contribution in [0.2, 0.25) is 10.0 Å². The zero-order chi connectivity index (χ0) is 20.4. The molecule has 0 spiro atoms. The van der Waals surface area contributed by atoms with E-state index in [9.17, 15) is 9.18 Å². The molecule has 0 bridgehead atoms. The van der Waals surface area contributed by atoms with Gasteiger partial charge >= 0.3 is 0 Å². The summed E-state index contributed by atoms with van der Waals surface area (Å²) in [7, 11) is 0. The van der Waals surface area contributed by atoms with E-state index in [1.807, 2.05) is 0 Å². The molecule has 0 aliphatic rings. The average molecular weight is 420 g/mol. The largest absolute Gasteiger partial charge is 0.482 e. The summed E-state index contributed by atoms with van der Waals surface area (Å²) < 4.78 is 19.7. The van der Waals surface area contributed by atoms with Crippen LogP contribution < -0.4 is 16.2 Å². The van der Waals surface area contributed by atoms with Crippen molar-refractivity contribution >= 4 is 34.9 Å². The number of hydrogen-bond donors (Lipinski definition) is 2. The molecule has 1 atom stereocenters. The smallest absolute Gasteiger partial charge is 0.248 e. The molecular formula is C20H16Cl2FN3O2. The van der Waals surface area contributed by atoms with Crippen molar-refractivity contribution in [3.05, 3.63) is 75.7 Å². The molecule has 4 N–H and O–H groups in total. The van der Waals surface area contributed by atoms with Crippen molar-refractivity contribution in [2.24, 2.45) is 5.73 Å². The second-order valence-corrected chi connectivity index (χ2v) is 6.85. The molecule has 1 heterocycles. The van der Waals surface area contributed by atoms with Gasteiger partial charge in [-0.25, -0.2) is 9.37 Å². The quantitative estimate of drug-likeness (QED) is 0.568. The van der Waals surface area contributed by atoms with Crippen LogP contribution in [0.25, 0.3) is 11.1 Å². The third-order valence-electron chi connectivity index (χ3n) is 4.17. The van der Waals surface area contributed by atoms with Crippen molar-refractivity contribution in [1.29, 1.82) is 0 Å². The van der Waals surface area contributed by atoms with Gasteiger partial charge in [-0.05, 0) is 42.8 Å². The molecule has 1 aromatic heterocycles. The molecule has 8 heteroatoms. The van der Waals surface area contributed by atoms with Gasteiger partial charge in [0.1, 0.15) is 11.9 Å². The van der Waals surface area contributed by atoms with Gasteiger partial charge in [-0.3, -0.25) is 4.79 Å². The third-order valence-corrected chi connectivity index (χ3v) is 4.89. The first kappa shape index (κ1) is 19.9. The molecular weight excluding hydrogens is 404 g/mol. The van der Waals surface area contributed by atoms with Crippen LogP contribution >= 0.6 is 23.2 Å². The lowest BCUT2D eigenvalue weighted by atomic mass is 10.0. The first-order valence-corrected chi connectivity index (χ1v) is 8.99. The lowest BCUT2D eigenvalue weighted by Crippen LogP contribution is -2.10. The van der Waals surface area contributed by atoms with E-state index in [4.69, 9.17) is 39.4 Å². The Morgan fingerprint density at radius 1 is 1.14 bits per heavy atom. The maximum absolute atomic E-state index is 13.8. The zero-order valence-electron chi connectivity index (χ0n) is 14.7. The Kier molecular flexibility index (Phi) is 5.72. The van der Waals surface area contributed by atoms with E-state index < -0.39 is 17.8 Å². The number of nitrogen functional groups attached to an aromatic ring is 1. The molecule has 1 unspecified atom stereocenters. The molecule has 0 aliphatic heterocycles. The van der Waals surface area contributed by atoms with Crippen LogP contribution in [0.15, 0.2) is 48.7 Å². The topological polar surface area (TPSA) is 91.2 Å². The Hall–Kier alpha value is -2.83. The number of ether oxygens (including phenoxy) is 1. The molecule has 28 heavy (non-hydrogen) atoms. The minimum absolute atomic E-state index is 0.107. The van der Waals surface area contributed by atoms with Gasteiger partial charge in [-0.1, -0.05) is 35.3 Å². The zero-order valence-corrected chi connectivity index (χ0v) is 16.3. The number of nitrogens with zero attached hydrogens (tertiary/aromatic N) is 1. The number of hydrogen-bond acceptors (Lipinski definition) is 4. The third kappa shape index (κ3) is 4.03. The summed E-state index contributed by atoms with van der Waals surface area (Å²) in [5, 5.41) is 0.174. The second kappa shape index (κ2) is 8.04. The number of amides is 1. The highest BCUT2D eigenvalue weighted by Crippen LogP contribution is 2.36. The minimum Gasteiger partial charge on any atom is -0.482 e. The Bertz CT molecular complexity index is 1040. The summed E-state index contributed by atoms with van der Waals surface area (Å²) in [5.74, 6) is -0.650. The molecule has 2 aromatic carbocycles. The fraction of sp³-hybridized carbons (Fsp3) is 0.100. The highest BCUT2D eigenvalue weighted by molar-refractivity contribution is 6.36. The lowest BCUT2D eigenvalue weighted by molar-refractivity contribution is 0.100. The summed E-state index contributed by atoms with van der Waals surface area (Å²) >= 11 is 12.2. The first-order valence-electron chi connectivity index (χ1n) is 8.23. The standard InChI is InChI=1S/C20H16Cl2FN3O2/c1-10(17-14(21)6-7-15(23)18(17)22)28-16-8-13(9-26-19(16)24)11-2-4-12(5-3-11)20(25)27/h2-10H,1H3,(H2,24,26)(H2,25,27). The van der Waals surface area contributed by atoms with Gasteiger partial charge in [0.15, 0.2) is 11.6 Å². The van der Waals surface area contributed by atoms with E-state index in [0.717, 1.165) is 5.56 Å². The number of nitrogens with two attached hydrogens (primary N) is 2.